The van der Waals surface area contributed by atoms with E-state index >= 15 is 0 Å². The SMILES string of the molecule is CCN(CC)CCNC(=O)c1cc(N)nc(Cl)c1. The van der Waals surface area contributed by atoms with Gasteiger partial charge in [-0.2, -0.15) is 0 Å². The first kappa shape index (κ1) is 14.7. The van der Waals surface area contributed by atoms with Gasteiger partial charge in [0.2, 0.25) is 0 Å². The van der Waals surface area contributed by atoms with Gasteiger partial charge in [-0.3, -0.25) is 4.79 Å². The molecule has 1 aromatic heterocycles. The van der Waals surface area contributed by atoms with Gasteiger partial charge in [-0.25, -0.2) is 4.98 Å². The van der Waals surface area contributed by atoms with E-state index in [-0.39, 0.29) is 16.9 Å². The third kappa shape index (κ3) is 4.50. The van der Waals surface area contributed by atoms with Crippen molar-refractivity contribution in [2.75, 3.05) is 31.9 Å². The van der Waals surface area contributed by atoms with Gasteiger partial charge in [-0.1, -0.05) is 25.4 Å². The van der Waals surface area contributed by atoms with Crippen LogP contribution in [0.2, 0.25) is 5.15 Å². The number of aromatic nitrogens is 1. The molecular weight excluding hydrogens is 252 g/mol. The van der Waals surface area contributed by atoms with Gasteiger partial charge in [0.25, 0.3) is 5.91 Å². The van der Waals surface area contributed by atoms with Gasteiger partial charge >= 0.3 is 0 Å². The minimum Gasteiger partial charge on any atom is -0.384 e. The number of pyridine rings is 1. The highest BCUT2D eigenvalue weighted by atomic mass is 35.5. The average Bonchev–Trinajstić information content (AvgIpc) is 2.33. The summed E-state index contributed by atoms with van der Waals surface area (Å²) in [6.45, 7) is 7.55. The Kier molecular flexibility index (Phi) is 5.88. The van der Waals surface area contributed by atoms with Gasteiger partial charge in [0.1, 0.15) is 11.0 Å². The number of anilines is 1. The summed E-state index contributed by atoms with van der Waals surface area (Å²) in [4.78, 5) is 17.9. The van der Waals surface area contributed by atoms with Crippen LogP contribution in [-0.4, -0.2) is 42.0 Å². The molecule has 0 aliphatic heterocycles. The van der Waals surface area contributed by atoms with Crippen molar-refractivity contribution in [3.05, 3.63) is 22.8 Å². The minimum atomic E-state index is -0.182. The summed E-state index contributed by atoms with van der Waals surface area (Å²) in [5.74, 6) is 0.0644. The fourth-order valence-electron chi connectivity index (χ4n) is 1.62. The summed E-state index contributed by atoms with van der Waals surface area (Å²) in [6.07, 6.45) is 0. The fourth-order valence-corrected chi connectivity index (χ4v) is 1.83. The van der Waals surface area contributed by atoms with Crippen LogP contribution in [0.5, 0.6) is 0 Å². The van der Waals surface area contributed by atoms with E-state index in [1.54, 1.807) is 0 Å². The maximum Gasteiger partial charge on any atom is 0.251 e. The molecule has 0 unspecified atom stereocenters. The van der Waals surface area contributed by atoms with Gasteiger partial charge in [0.15, 0.2) is 0 Å². The second-order valence-corrected chi connectivity index (χ2v) is 4.27. The zero-order chi connectivity index (χ0) is 13.5. The molecule has 0 bridgehead atoms. The zero-order valence-corrected chi connectivity index (χ0v) is 11.5. The van der Waals surface area contributed by atoms with E-state index in [9.17, 15) is 4.79 Å². The Balaban J connectivity index is 2.50. The summed E-state index contributed by atoms with van der Waals surface area (Å²) in [7, 11) is 0. The maximum absolute atomic E-state index is 11.8. The average molecular weight is 271 g/mol. The molecule has 0 saturated carbocycles. The zero-order valence-electron chi connectivity index (χ0n) is 10.7. The van der Waals surface area contributed by atoms with Crippen molar-refractivity contribution in [1.82, 2.24) is 15.2 Å². The first-order valence-electron chi connectivity index (χ1n) is 6.00. The molecule has 3 N–H and O–H groups in total. The van der Waals surface area contributed by atoms with Crippen molar-refractivity contribution < 1.29 is 4.79 Å². The molecule has 0 aliphatic carbocycles. The lowest BCUT2D eigenvalue weighted by molar-refractivity contribution is 0.0949. The summed E-state index contributed by atoms with van der Waals surface area (Å²) < 4.78 is 0. The Bertz CT molecular complexity index is 387. The van der Waals surface area contributed by atoms with E-state index in [2.05, 4.69) is 29.0 Å². The fraction of sp³-hybridized carbons (Fsp3) is 0.500. The largest absolute Gasteiger partial charge is 0.384 e. The van der Waals surface area contributed by atoms with E-state index in [4.69, 9.17) is 17.3 Å². The highest BCUT2D eigenvalue weighted by molar-refractivity contribution is 6.29. The summed E-state index contributed by atoms with van der Waals surface area (Å²) >= 11 is 5.74. The number of carbonyl (C=O) groups is 1. The Morgan fingerprint density at radius 3 is 2.67 bits per heavy atom. The number of nitrogen functional groups attached to an aromatic ring is 1. The van der Waals surface area contributed by atoms with Crippen LogP contribution in [0.15, 0.2) is 12.1 Å². The monoisotopic (exact) mass is 270 g/mol. The van der Waals surface area contributed by atoms with Crippen molar-refractivity contribution in [3.63, 3.8) is 0 Å². The number of rotatable bonds is 6. The number of hydrogen-bond donors (Lipinski definition) is 2. The number of nitrogens with zero attached hydrogens (tertiary/aromatic N) is 2. The Labute approximate surface area is 112 Å². The molecular formula is C12H19ClN4O. The molecule has 1 heterocycles. The van der Waals surface area contributed by atoms with Crippen LogP contribution in [0.4, 0.5) is 5.82 Å². The molecule has 1 aromatic rings. The van der Waals surface area contributed by atoms with Crippen molar-refractivity contribution in [3.8, 4) is 0 Å². The topological polar surface area (TPSA) is 71.2 Å². The Morgan fingerprint density at radius 2 is 2.11 bits per heavy atom. The van der Waals surface area contributed by atoms with E-state index in [1.165, 1.54) is 12.1 Å². The van der Waals surface area contributed by atoms with Gasteiger partial charge in [-0.05, 0) is 25.2 Å². The quantitative estimate of drug-likeness (QED) is 0.767. The second kappa shape index (κ2) is 7.18. The predicted molar refractivity (Wildman–Crippen MR) is 73.8 cm³/mol. The van der Waals surface area contributed by atoms with Crippen LogP contribution in [0.1, 0.15) is 24.2 Å². The maximum atomic E-state index is 11.8. The van der Waals surface area contributed by atoms with Crippen LogP contribution in [0.25, 0.3) is 0 Å². The molecule has 100 valence electrons. The van der Waals surface area contributed by atoms with Crippen molar-refractivity contribution >= 4 is 23.3 Å². The number of hydrogen-bond acceptors (Lipinski definition) is 4. The van der Waals surface area contributed by atoms with E-state index in [0.29, 0.717) is 12.1 Å². The number of nitrogens with one attached hydrogen (secondary N) is 1. The number of amides is 1. The van der Waals surface area contributed by atoms with Gasteiger partial charge in [0.05, 0.1) is 0 Å². The summed E-state index contributed by atoms with van der Waals surface area (Å²) in [5, 5.41) is 3.06. The number of likely N-dealkylation sites (N-methyl/N-ethyl adjacent to an activating group) is 1. The molecule has 0 aromatic carbocycles. The lowest BCUT2D eigenvalue weighted by atomic mass is 10.2. The molecule has 0 aliphatic rings. The first-order chi connectivity index (χ1) is 8.56. The van der Waals surface area contributed by atoms with Crippen LogP contribution in [0, 0.1) is 0 Å². The normalized spacial score (nSPS) is 10.7. The summed E-state index contributed by atoms with van der Waals surface area (Å²) in [5.41, 5.74) is 5.97. The second-order valence-electron chi connectivity index (χ2n) is 3.89. The van der Waals surface area contributed by atoms with Crippen molar-refractivity contribution in [1.29, 1.82) is 0 Å². The molecule has 5 nitrogen and oxygen atoms in total. The third-order valence-electron chi connectivity index (χ3n) is 2.68. The number of halogens is 1. The lowest BCUT2D eigenvalue weighted by Gasteiger charge is -2.17. The van der Waals surface area contributed by atoms with Crippen LogP contribution < -0.4 is 11.1 Å². The molecule has 0 fully saturated rings. The molecule has 18 heavy (non-hydrogen) atoms. The van der Waals surface area contributed by atoms with Crippen molar-refractivity contribution in [2.45, 2.75) is 13.8 Å². The highest BCUT2D eigenvalue weighted by Gasteiger charge is 2.08. The van der Waals surface area contributed by atoms with E-state index in [1.807, 2.05) is 0 Å². The van der Waals surface area contributed by atoms with E-state index in [0.717, 1.165) is 19.6 Å². The Hall–Kier alpha value is -1.33. The molecule has 0 saturated heterocycles. The minimum absolute atomic E-state index is 0.182. The van der Waals surface area contributed by atoms with Crippen molar-refractivity contribution in [2.24, 2.45) is 0 Å². The molecule has 1 amide bonds. The van der Waals surface area contributed by atoms with Gasteiger partial charge in [-0.15, -0.1) is 0 Å². The molecule has 0 radical (unpaired) electrons. The van der Waals surface area contributed by atoms with Crippen LogP contribution >= 0.6 is 11.6 Å². The molecule has 0 atom stereocenters. The number of carbonyl (C=O) groups excluding carboxylic acids is 1. The van der Waals surface area contributed by atoms with E-state index < -0.39 is 0 Å². The number of nitrogens with two attached hydrogens (primary N) is 1. The Morgan fingerprint density at radius 1 is 1.44 bits per heavy atom. The summed E-state index contributed by atoms with van der Waals surface area (Å²) in [6, 6.07) is 3.02. The molecule has 0 spiro atoms. The standard InChI is InChI=1S/C12H19ClN4O/c1-3-17(4-2)6-5-15-12(18)9-7-10(13)16-11(14)8-9/h7-8H,3-6H2,1-2H3,(H2,14,16)(H,15,18). The lowest BCUT2D eigenvalue weighted by Crippen LogP contribution is -2.34. The first-order valence-corrected chi connectivity index (χ1v) is 6.38. The third-order valence-corrected chi connectivity index (χ3v) is 2.88. The molecule has 6 heteroatoms. The smallest absolute Gasteiger partial charge is 0.251 e. The predicted octanol–water partition coefficient (Wildman–Crippen LogP) is 1.39. The van der Waals surface area contributed by atoms with Crippen LogP contribution in [-0.2, 0) is 0 Å². The highest BCUT2D eigenvalue weighted by Crippen LogP contribution is 2.11. The van der Waals surface area contributed by atoms with Crippen LogP contribution in [0.3, 0.4) is 0 Å². The molecule has 1 rings (SSSR count). The van der Waals surface area contributed by atoms with Gasteiger partial charge in [0, 0.05) is 18.7 Å². The van der Waals surface area contributed by atoms with Gasteiger partial charge < -0.3 is 16.0 Å².